The first-order valence-electron chi connectivity index (χ1n) is 11.0. The first-order valence-corrected chi connectivity index (χ1v) is 13.7. The molecule has 1 aliphatic rings. The smallest absolute Gasteiger partial charge is 0.256 e. The number of halogens is 3. The van der Waals surface area contributed by atoms with E-state index in [1.807, 2.05) is 65.6 Å². The van der Waals surface area contributed by atoms with Crippen molar-refractivity contribution in [2.75, 3.05) is 36.4 Å². The Labute approximate surface area is 230 Å². The summed E-state index contributed by atoms with van der Waals surface area (Å²) >= 11 is 9.10. The second-order valence-electron chi connectivity index (χ2n) is 8.08. The minimum absolute atomic E-state index is 0.0918. The van der Waals surface area contributed by atoms with Crippen LogP contribution in [-0.2, 0) is 6.42 Å². The highest BCUT2D eigenvalue weighted by Gasteiger charge is 2.22. The number of aryl methyl sites for hydroxylation is 1. The maximum absolute atomic E-state index is 12.8. The quantitative estimate of drug-likeness (QED) is 0.242. The monoisotopic (exact) mass is 695 g/mol. The third kappa shape index (κ3) is 5.83. The zero-order chi connectivity index (χ0) is 24.2. The summed E-state index contributed by atoms with van der Waals surface area (Å²) in [5.41, 5.74) is 4.41. The molecule has 2 amide bonds. The predicted molar refractivity (Wildman–Crippen MR) is 153 cm³/mol. The van der Waals surface area contributed by atoms with Gasteiger partial charge in [0, 0.05) is 55.6 Å². The van der Waals surface area contributed by atoms with Crippen LogP contribution in [0.3, 0.4) is 0 Å². The van der Waals surface area contributed by atoms with E-state index in [1.165, 1.54) is 5.56 Å². The first-order chi connectivity index (χ1) is 16.4. The van der Waals surface area contributed by atoms with E-state index < -0.39 is 0 Å². The predicted octanol–water partition coefficient (Wildman–Crippen LogP) is 6.59. The van der Waals surface area contributed by atoms with E-state index in [2.05, 4.69) is 71.6 Å². The number of benzene rings is 3. The second kappa shape index (κ2) is 11.2. The molecule has 3 aromatic carbocycles. The fraction of sp³-hybridized carbons (Fsp3) is 0.231. The molecule has 0 saturated carbocycles. The highest BCUT2D eigenvalue weighted by molar-refractivity contribution is 14.1. The molecule has 1 N–H and O–H groups in total. The lowest BCUT2D eigenvalue weighted by Gasteiger charge is -2.36. The first kappa shape index (κ1) is 25.2. The minimum atomic E-state index is -0.154. The van der Waals surface area contributed by atoms with E-state index in [0.29, 0.717) is 18.7 Å². The van der Waals surface area contributed by atoms with Gasteiger partial charge in [0.25, 0.3) is 11.8 Å². The summed E-state index contributed by atoms with van der Waals surface area (Å²) < 4.78 is 2.58. The van der Waals surface area contributed by atoms with E-state index in [4.69, 9.17) is 0 Å². The molecule has 1 heterocycles. The lowest BCUT2D eigenvalue weighted by atomic mass is 10.1. The Bertz CT molecular complexity index is 1190. The van der Waals surface area contributed by atoms with Gasteiger partial charge in [0.05, 0.1) is 5.56 Å². The van der Waals surface area contributed by atoms with E-state index in [9.17, 15) is 9.59 Å². The molecule has 0 bridgehead atoms. The van der Waals surface area contributed by atoms with Gasteiger partial charge >= 0.3 is 0 Å². The SMILES string of the molecule is CCc1ccc(C(=O)N2CCN(c3ccc(NC(=O)c4cc(Br)cc(Br)c4I)cc3)CC2)cc1. The third-order valence-electron chi connectivity index (χ3n) is 5.90. The van der Waals surface area contributed by atoms with Gasteiger partial charge in [0.15, 0.2) is 0 Å². The fourth-order valence-corrected chi connectivity index (χ4v) is 5.69. The topological polar surface area (TPSA) is 52.7 Å². The van der Waals surface area contributed by atoms with E-state index in [0.717, 1.165) is 49.0 Å². The molecule has 0 aliphatic carbocycles. The summed E-state index contributed by atoms with van der Waals surface area (Å²) in [6, 6.07) is 19.5. The van der Waals surface area contributed by atoms with E-state index in [1.54, 1.807) is 0 Å². The normalized spacial score (nSPS) is 13.6. The number of hydrogen-bond donors (Lipinski definition) is 1. The number of rotatable bonds is 5. The number of amides is 2. The molecule has 0 spiro atoms. The largest absolute Gasteiger partial charge is 0.368 e. The van der Waals surface area contributed by atoms with Gasteiger partial charge in [0.1, 0.15) is 0 Å². The molecule has 0 radical (unpaired) electrons. The number of carbonyl (C=O) groups is 2. The van der Waals surface area contributed by atoms with Crippen molar-refractivity contribution in [3.63, 3.8) is 0 Å². The van der Waals surface area contributed by atoms with Crippen LogP contribution in [0.4, 0.5) is 11.4 Å². The minimum Gasteiger partial charge on any atom is -0.368 e. The van der Waals surface area contributed by atoms with Gasteiger partial charge in [-0.05, 0) is 99.0 Å². The van der Waals surface area contributed by atoms with Crippen molar-refractivity contribution >= 4 is 77.6 Å². The second-order valence-corrected chi connectivity index (χ2v) is 10.9. The van der Waals surface area contributed by atoms with Gasteiger partial charge in [-0.25, -0.2) is 0 Å². The Kier molecular flexibility index (Phi) is 8.31. The van der Waals surface area contributed by atoms with Crippen molar-refractivity contribution in [3.05, 3.63) is 89.9 Å². The maximum Gasteiger partial charge on any atom is 0.256 e. The standard InChI is InChI=1S/C26H24Br2IN3O2/c1-2-17-3-5-18(6-4-17)26(34)32-13-11-31(12-14-32)21-9-7-20(8-10-21)30-25(33)22-15-19(27)16-23(28)24(22)29/h3-10,15-16H,2,11-14H2,1H3,(H,30,33). The van der Waals surface area contributed by atoms with Crippen LogP contribution >= 0.6 is 54.5 Å². The van der Waals surface area contributed by atoms with Gasteiger partial charge in [-0.2, -0.15) is 0 Å². The van der Waals surface area contributed by atoms with Crippen LogP contribution in [0.2, 0.25) is 0 Å². The van der Waals surface area contributed by atoms with Gasteiger partial charge < -0.3 is 15.1 Å². The van der Waals surface area contributed by atoms with Crippen LogP contribution in [0.25, 0.3) is 0 Å². The molecule has 1 aliphatic heterocycles. The molecule has 1 fully saturated rings. The van der Waals surface area contributed by atoms with E-state index >= 15 is 0 Å². The fourth-order valence-electron chi connectivity index (χ4n) is 3.91. The molecule has 8 heteroatoms. The average Bonchev–Trinajstić information content (AvgIpc) is 2.86. The summed E-state index contributed by atoms with van der Waals surface area (Å²) in [5, 5.41) is 2.98. The van der Waals surface area contributed by atoms with E-state index in [-0.39, 0.29) is 11.8 Å². The molecule has 1 saturated heterocycles. The summed E-state index contributed by atoms with van der Waals surface area (Å²) in [5.74, 6) is -0.0626. The van der Waals surface area contributed by atoms with Gasteiger partial charge in [-0.15, -0.1) is 0 Å². The Morgan fingerprint density at radius 1 is 0.941 bits per heavy atom. The third-order valence-corrected chi connectivity index (χ3v) is 8.89. The summed E-state index contributed by atoms with van der Waals surface area (Å²) in [7, 11) is 0. The molecular formula is C26H24Br2IN3O2. The molecular weight excluding hydrogens is 673 g/mol. The van der Waals surface area contributed by atoms with Crippen LogP contribution in [0.15, 0.2) is 69.6 Å². The van der Waals surface area contributed by atoms with Crippen LogP contribution in [0.1, 0.15) is 33.2 Å². The Morgan fingerprint density at radius 3 is 2.21 bits per heavy atom. The molecule has 5 nitrogen and oxygen atoms in total. The van der Waals surface area contributed by atoms with Crippen LogP contribution in [0, 0.1) is 3.57 Å². The maximum atomic E-state index is 12.8. The molecule has 176 valence electrons. The number of anilines is 2. The number of piperazine rings is 1. The van der Waals surface area contributed by atoms with Gasteiger partial charge in [-0.3, -0.25) is 9.59 Å². The molecule has 0 atom stereocenters. The Morgan fingerprint density at radius 2 is 1.59 bits per heavy atom. The number of carbonyl (C=O) groups excluding carboxylic acids is 2. The number of nitrogens with zero attached hydrogens (tertiary/aromatic N) is 2. The summed E-state index contributed by atoms with van der Waals surface area (Å²) in [4.78, 5) is 29.8. The number of nitrogens with one attached hydrogen (secondary N) is 1. The van der Waals surface area contributed by atoms with Crippen molar-refractivity contribution in [2.45, 2.75) is 13.3 Å². The zero-order valence-corrected chi connectivity index (χ0v) is 24.0. The van der Waals surface area contributed by atoms with Crippen LogP contribution in [0.5, 0.6) is 0 Å². The van der Waals surface area contributed by atoms with Crippen LogP contribution in [-0.4, -0.2) is 42.9 Å². The van der Waals surface area contributed by atoms with Gasteiger partial charge in [0.2, 0.25) is 0 Å². The van der Waals surface area contributed by atoms with Crippen molar-refractivity contribution in [1.82, 2.24) is 4.90 Å². The molecule has 34 heavy (non-hydrogen) atoms. The van der Waals surface area contributed by atoms with Crippen molar-refractivity contribution in [1.29, 1.82) is 0 Å². The highest BCUT2D eigenvalue weighted by Crippen LogP contribution is 2.28. The molecule has 0 unspecified atom stereocenters. The van der Waals surface area contributed by atoms with Crippen molar-refractivity contribution in [2.24, 2.45) is 0 Å². The molecule has 0 aromatic heterocycles. The summed E-state index contributed by atoms with van der Waals surface area (Å²) in [6.07, 6.45) is 0.969. The zero-order valence-electron chi connectivity index (χ0n) is 18.7. The summed E-state index contributed by atoms with van der Waals surface area (Å²) in [6.45, 7) is 5.02. The number of hydrogen-bond acceptors (Lipinski definition) is 3. The molecule has 4 rings (SSSR count). The average molecular weight is 697 g/mol. The van der Waals surface area contributed by atoms with Gasteiger partial charge in [-0.1, -0.05) is 35.0 Å². The van der Waals surface area contributed by atoms with Crippen molar-refractivity contribution < 1.29 is 9.59 Å². The lowest BCUT2D eigenvalue weighted by Crippen LogP contribution is -2.48. The highest BCUT2D eigenvalue weighted by atomic mass is 127. The van der Waals surface area contributed by atoms with Crippen molar-refractivity contribution in [3.8, 4) is 0 Å². The van der Waals surface area contributed by atoms with Crippen LogP contribution < -0.4 is 10.2 Å². The Hall–Kier alpha value is -1.91. The lowest BCUT2D eigenvalue weighted by molar-refractivity contribution is 0.0746. The molecule has 3 aromatic rings. The Balaban J connectivity index is 1.35.